The second-order valence-corrected chi connectivity index (χ2v) is 7.04. The van der Waals surface area contributed by atoms with Crippen molar-refractivity contribution >= 4 is 5.91 Å². The van der Waals surface area contributed by atoms with Crippen molar-refractivity contribution < 1.29 is 19.2 Å². The molecule has 24 heavy (non-hydrogen) atoms. The third kappa shape index (κ3) is 2.75. The zero-order valence-corrected chi connectivity index (χ0v) is 14.9. The summed E-state index contributed by atoms with van der Waals surface area (Å²) in [4.78, 5) is 14.8. The van der Waals surface area contributed by atoms with Gasteiger partial charge in [-0.05, 0) is 33.1 Å². The fourth-order valence-electron chi connectivity index (χ4n) is 4.19. The number of rotatable bonds is 5. The summed E-state index contributed by atoms with van der Waals surface area (Å²) in [6.45, 7) is 7.83. The number of hydrogen-bond acceptors (Lipinski definition) is 5. The number of aliphatic hydroxyl groups excluding tert-OH is 1. The Morgan fingerprint density at radius 3 is 2.71 bits per heavy atom. The SMILES string of the molecule is CCCc1onc(C)c1C(=O)N1CCC2(CC1)[C@@H](OCC)C[C@@H]2O. The second kappa shape index (κ2) is 6.84. The number of piperidine rings is 1. The summed E-state index contributed by atoms with van der Waals surface area (Å²) in [5.74, 6) is 0.699. The Bertz CT molecular complexity index is 588. The van der Waals surface area contributed by atoms with E-state index < -0.39 is 0 Å². The van der Waals surface area contributed by atoms with E-state index in [2.05, 4.69) is 12.1 Å². The van der Waals surface area contributed by atoms with E-state index in [1.54, 1.807) is 0 Å². The Hall–Kier alpha value is -1.40. The van der Waals surface area contributed by atoms with Gasteiger partial charge in [0.15, 0.2) is 0 Å². The van der Waals surface area contributed by atoms with E-state index in [1.807, 2.05) is 18.7 Å². The third-order valence-corrected chi connectivity index (χ3v) is 5.72. The average Bonchev–Trinajstić information content (AvgIpc) is 2.95. The maximum Gasteiger partial charge on any atom is 0.259 e. The quantitative estimate of drug-likeness (QED) is 0.893. The summed E-state index contributed by atoms with van der Waals surface area (Å²) in [6.07, 6.45) is 3.76. The molecule has 2 fully saturated rings. The van der Waals surface area contributed by atoms with Crippen LogP contribution in [0.5, 0.6) is 0 Å². The lowest BCUT2D eigenvalue weighted by Gasteiger charge is -2.56. The van der Waals surface area contributed by atoms with Crippen LogP contribution in [0.2, 0.25) is 0 Å². The molecule has 3 rings (SSSR count). The summed E-state index contributed by atoms with van der Waals surface area (Å²) in [5, 5.41) is 14.3. The Morgan fingerprint density at radius 1 is 1.42 bits per heavy atom. The molecule has 1 N–H and O–H groups in total. The van der Waals surface area contributed by atoms with Gasteiger partial charge in [-0.3, -0.25) is 4.79 Å². The van der Waals surface area contributed by atoms with Gasteiger partial charge in [0.1, 0.15) is 11.3 Å². The topological polar surface area (TPSA) is 75.8 Å². The van der Waals surface area contributed by atoms with Crippen LogP contribution in [0.4, 0.5) is 0 Å². The van der Waals surface area contributed by atoms with Gasteiger partial charge in [0, 0.05) is 38.0 Å². The molecule has 6 heteroatoms. The number of ether oxygens (including phenoxy) is 1. The van der Waals surface area contributed by atoms with Gasteiger partial charge in [-0.2, -0.15) is 0 Å². The Kier molecular flexibility index (Phi) is 4.97. The summed E-state index contributed by atoms with van der Waals surface area (Å²) >= 11 is 0. The third-order valence-electron chi connectivity index (χ3n) is 5.72. The van der Waals surface area contributed by atoms with Gasteiger partial charge in [-0.1, -0.05) is 12.1 Å². The minimum Gasteiger partial charge on any atom is -0.392 e. The maximum atomic E-state index is 12.9. The van der Waals surface area contributed by atoms with E-state index in [-0.39, 0.29) is 23.5 Å². The first-order chi connectivity index (χ1) is 11.5. The van der Waals surface area contributed by atoms with Crippen molar-refractivity contribution in [2.75, 3.05) is 19.7 Å². The number of amides is 1. The first kappa shape index (κ1) is 17.4. The van der Waals surface area contributed by atoms with E-state index >= 15 is 0 Å². The molecule has 1 saturated heterocycles. The number of nitrogens with zero attached hydrogens (tertiary/aromatic N) is 2. The molecule has 0 unspecified atom stereocenters. The van der Waals surface area contributed by atoms with Gasteiger partial charge in [-0.15, -0.1) is 0 Å². The molecule has 0 aromatic carbocycles. The van der Waals surface area contributed by atoms with Crippen LogP contribution in [0, 0.1) is 12.3 Å². The van der Waals surface area contributed by atoms with E-state index in [0.29, 0.717) is 43.1 Å². The smallest absolute Gasteiger partial charge is 0.259 e. The van der Waals surface area contributed by atoms with Crippen LogP contribution < -0.4 is 0 Å². The van der Waals surface area contributed by atoms with Crippen LogP contribution in [0.25, 0.3) is 0 Å². The van der Waals surface area contributed by atoms with Crippen molar-refractivity contribution in [1.82, 2.24) is 10.1 Å². The number of carbonyl (C=O) groups is 1. The van der Waals surface area contributed by atoms with Gasteiger partial charge in [0.2, 0.25) is 0 Å². The molecular formula is C18H28N2O4. The Labute approximate surface area is 143 Å². The lowest BCUT2D eigenvalue weighted by atomic mass is 9.58. The lowest BCUT2D eigenvalue weighted by Crippen LogP contribution is -2.62. The van der Waals surface area contributed by atoms with Crippen LogP contribution in [0.15, 0.2) is 4.52 Å². The average molecular weight is 336 g/mol. The van der Waals surface area contributed by atoms with Gasteiger partial charge in [0.05, 0.1) is 17.9 Å². The molecule has 1 aromatic rings. The highest BCUT2D eigenvalue weighted by Gasteiger charge is 2.56. The lowest BCUT2D eigenvalue weighted by molar-refractivity contribution is -0.207. The van der Waals surface area contributed by atoms with Crippen LogP contribution in [0.3, 0.4) is 0 Å². The molecule has 2 aliphatic rings. The minimum absolute atomic E-state index is 0.00817. The fourth-order valence-corrected chi connectivity index (χ4v) is 4.19. The molecule has 0 bridgehead atoms. The van der Waals surface area contributed by atoms with Crippen molar-refractivity contribution in [3.8, 4) is 0 Å². The molecule has 1 aliphatic carbocycles. The predicted octanol–water partition coefficient (Wildman–Crippen LogP) is 2.33. The molecular weight excluding hydrogens is 308 g/mol. The zero-order valence-electron chi connectivity index (χ0n) is 14.9. The number of aromatic nitrogens is 1. The molecule has 0 radical (unpaired) electrons. The monoisotopic (exact) mass is 336 g/mol. The highest BCUT2D eigenvalue weighted by atomic mass is 16.5. The molecule has 6 nitrogen and oxygen atoms in total. The van der Waals surface area contributed by atoms with Gasteiger partial charge in [-0.25, -0.2) is 0 Å². The van der Waals surface area contributed by atoms with Crippen LogP contribution in [-0.4, -0.2) is 53.0 Å². The maximum absolute atomic E-state index is 12.9. The van der Waals surface area contributed by atoms with Crippen LogP contribution >= 0.6 is 0 Å². The summed E-state index contributed by atoms with van der Waals surface area (Å²) in [7, 11) is 0. The van der Waals surface area contributed by atoms with E-state index in [1.165, 1.54) is 0 Å². The largest absolute Gasteiger partial charge is 0.392 e. The van der Waals surface area contributed by atoms with Gasteiger partial charge >= 0.3 is 0 Å². The highest BCUT2D eigenvalue weighted by molar-refractivity contribution is 5.96. The molecule has 1 amide bonds. The van der Waals surface area contributed by atoms with E-state index in [0.717, 1.165) is 25.7 Å². The van der Waals surface area contributed by atoms with Crippen molar-refractivity contribution in [3.63, 3.8) is 0 Å². The van der Waals surface area contributed by atoms with Crippen LogP contribution in [0.1, 0.15) is 61.3 Å². The Balaban J connectivity index is 1.69. The van der Waals surface area contributed by atoms with Crippen molar-refractivity contribution in [3.05, 3.63) is 17.0 Å². The standard InChI is InChI=1S/C18H28N2O4/c1-4-6-13-16(12(3)19-24-13)17(22)20-9-7-18(8-10-20)14(21)11-15(18)23-5-2/h14-15,21H,4-11H2,1-3H3/t14-,15-/m0/s1. The molecule has 1 aliphatic heterocycles. The molecule has 134 valence electrons. The molecule has 2 atom stereocenters. The normalized spacial score (nSPS) is 25.8. The first-order valence-electron chi connectivity index (χ1n) is 9.07. The first-order valence-corrected chi connectivity index (χ1v) is 9.07. The summed E-state index contributed by atoms with van der Waals surface area (Å²) < 4.78 is 11.1. The summed E-state index contributed by atoms with van der Waals surface area (Å²) in [6, 6.07) is 0. The Morgan fingerprint density at radius 2 is 2.12 bits per heavy atom. The molecule has 2 heterocycles. The number of aryl methyl sites for hydroxylation is 2. The van der Waals surface area contributed by atoms with Crippen molar-refractivity contribution in [2.45, 2.75) is 65.1 Å². The number of carbonyl (C=O) groups excluding carboxylic acids is 1. The van der Waals surface area contributed by atoms with Gasteiger partial charge < -0.3 is 19.3 Å². The number of hydrogen-bond donors (Lipinski definition) is 1. The molecule has 1 saturated carbocycles. The zero-order chi connectivity index (χ0) is 17.3. The fraction of sp³-hybridized carbons (Fsp3) is 0.778. The summed E-state index contributed by atoms with van der Waals surface area (Å²) in [5.41, 5.74) is 1.13. The van der Waals surface area contributed by atoms with Crippen molar-refractivity contribution in [1.29, 1.82) is 0 Å². The predicted molar refractivity (Wildman–Crippen MR) is 88.8 cm³/mol. The van der Waals surface area contributed by atoms with Gasteiger partial charge in [0.25, 0.3) is 5.91 Å². The molecule has 1 spiro atoms. The van der Waals surface area contributed by atoms with E-state index in [9.17, 15) is 9.90 Å². The highest BCUT2D eigenvalue weighted by Crippen LogP contribution is 2.51. The number of aliphatic hydroxyl groups is 1. The minimum atomic E-state index is -0.306. The van der Waals surface area contributed by atoms with Crippen LogP contribution in [-0.2, 0) is 11.2 Å². The second-order valence-electron chi connectivity index (χ2n) is 7.04. The molecule has 1 aromatic heterocycles. The number of likely N-dealkylation sites (tertiary alicyclic amines) is 1. The van der Waals surface area contributed by atoms with E-state index in [4.69, 9.17) is 9.26 Å². The van der Waals surface area contributed by atoms with Crippen molar-refractivity contribution in [2.24, 2.45) is 5.41 Å².